The van der Waals surface area contributed by atoms with Crippen LogP contribution in [0.25, 0.3) is 0 Å². The zero-order chi connectivity index (χ0) is 10.6. The van der Waals surface area contributed by atoms with Gasteiger partial charge < -0.3 is 0 Å². The van der Waals surface area contributed by atoms with Gasteiger partial charge in [-0.3, -0.25) is 4.98 Å². The summed E-state index contributed by atoms with van der Waals surface area (Å²) in [4.78, 5) is 4.96. The molecule has 1 aromatic heterocycles. The van der Waals surface area contributed by atoms with E-state index in [0.29, 0.717) is 10.7 Å². The number of nitrogens with zero attached hydrogens (tertiary/aromatic N) is 1. The second-order valence-electron chi connectivity index (χ2n) is 3.57. The van der Waals surface area contributed by atoms with Crippen molar-refractivity contribution in [3.05, 3.63) is 28.5 Å². The van der Waals surface area contributed by atoms with E-state index in [2.05, 4.69) is 56.8 Å². The van der Waals surface area contributed by atoms with Crippen LogP contribution in [0.3, 0.4) is 0 Å². The Morgan fingerprint density at radius 1 is 1.43 bits per heavy atom. The lowest BCUT2D eigenvalue weighted by molar-refractivity contribution is 0.539. The van der Waals surface area contributed by atoms with Crippen LogP contribution in [0.15, 0.2) is 22.8 Å². The van der Waals surface area contributed by atoms with Gasteiger partial charge in [0.15, 0.2) is 0 Å². The van der Waals surface area contributed by atoms with Crippen LogP contribution < -0.4 is 0 Å². The van der Waals surface area contributed by atoms with E-state index in [1.807, 2.05) is 12.3 Å². The van der Waals surface area contributed by atoms with Gasteiger partial charge in [0, 0.05) is 21.2 Å². The minimum absolute atomic E-state index is 0.591. The number of alkyl halides is 1. The summed E-state index contributed by atoms with van der Waals surface area (Å²) in [6, 6.07) is 4.13. The van der Waals surface area contributed by atoms with Crippen LogP contribution in [0.1, 0.15) is 26.0 Å². The van der Waals surface area contributed by atoms with Crippen molar-refractivity contribution in [2.45, 2.75) is 31.5 Å². The standard InChI is InChI=1S/C11H15Br2N/c1-3-11(13)8(2)6-10-5-4-9(12)7-14-10/h4-5,7-8,11H,3,6H2,1-2H3. The second-order valence-corrected chi connectivity index (χ2v) is 5.67. The summed E-state index contributed by atoms with van der Waals surface area (Å²) in [6.07, 6.45) is 4.06. The Hall–Kier alpha value is 0.110. The molecule has 0 saturated heterocycles. The van der Waals surface area contributed by atoms with E-state index in [1.54, 1.807) is 0 Å². The summed E-state index contributed by atoms with van der Waals surface area (Å²) >= 11 is 7.06. The average Bonchev–Trinajstić information content (AvgIpc) is 2.20. The number of rotatable bonds is 4. The topological polar surface area (TPSA) is 12.9 Å². The van der Waals surface area contributed by atoms with Crippen molar-refractivity contribution in [1.82, 2.24) is 4.98 Å². The first-order valence-electron chi connectivity index (χ1n) is 4.88. The van der Waals surface area contributed by atoms with Crippen LogP contribution in [-0.2, 0) is 6.42 Å². The minimum Gasteiger partial charge on any atom is -0.260 e. The lowest BCUT2D eigenvalue weighted by Gasteiger charge is -2.15. The molecule has 1 nitrogen and oxygen atoms in total. The molecule has 78 valence electrons. The fraction of sp³-hybridized carbons (Fsp3) is 0.545. The number of hydrogen-bond donors (Lipinski definition) is 0. The maximum Gasteiger partial charge on any atom is 0.0413 e. The first kappa shape index (κ1) is 12.2. The van der Waals surface area contributed by atoms with Gasteiger partial charge in [-0.1, -0.05) is 29.8 Å². The Bertz CT molecular complexity index is 271. The van der Waals surface area contributed by atoms with E-state index in [9.17, 15) is 0 Å². The number of aromatic nitrogens is 1. The molecular weight excluding hydrogens is 306 g/mol. The normalized spacial score (nSPS) is 15.1. The summed E-state index contributed by atoms with van der Waals surface area (Å²) in [6.45, 7) is 4.46. The van der Waals surface area contributed by atoms with Gasteiger partial charge in [0.2, 0.25) is 0 Å². The summed E-state index contributed by atoms with van der Waals surface area (Å²) < 4.78 is 1.04. The first-order valence-corrected chi connectivity index (χ1v) is 6.58. The second kappa shape index (κ2) is 5.86. The molecule has 1 heterocycles. The largest absolute Gasteiger partial charge is 0.260 e. The van der Waals surface area contributed by atoms with E-state index in [1.165, 1.54) is 5.69 Å². The smallest absolute Gasteiger partial charge is 0.0413 e. The van der Waals surface area contributed by atoms with Crippen LogP contribution >= 0.6 is 31.9 Å². The predicted octanol–water partition coefficient (Wildman–Crippen LogP) is 4.20. The van der Waals surface area contributed by atoms with Gasteiger partial charge in [0.1, 0.15) is 0 Å². The first-order chi connectivity index (χ1) is 6.63. The van der Waals surface area contributed by atoms with Gasteiger partial charge in [0.05, 0.1) is 0 Å². The Kier molecular flexibility index (Phi) is 5.10. The highest BCUT2D eigenvalue weighted by Gasteiger charge is 2.12. The highest BCUT2D eigenvalue weighted by Crippen LogP contribution is 2.20. The van der Waals surface area contributed by atoms with E-state index in [0.717, 1.165) is 17.3 Å². The number of pyridine rings is 1. The van der Waals surface area contributed by atoms with E-state index < -0.39 is 0 Å². The molecule has 0 aromatic carbocycles. The Labute approximate surface area is 103 Å². The third kappa shape index (κ3) is 3.70. The fourth-order valence-corrected chi connectivity index (χ4v) is 1.81. The molecule has 2 unspecified atom stereocenters. The van der Waals surface area contributed by atoms with E-state index in [4.69, 9.17) is 0 Å². The maximum absolute atomic E-state index is 4.37. The van der Waals surface area contributed by atoms with Gasteiger partial charge in [-0.15, -0.1) is 0 Å². The number of halogens is 2. The van der Waals surface area contributed by atoms with Gasteiger partial charge in [-0.2, -0.15) is 0 Å². The molecule has 0 aliphatic heterocycles. The quantitative estimate of drug-likeness (QED) is 0.758. The van der Waals surface area contributed by atoms with Gasteiger partial charge >= 0.3 is 0 Å². The molecule has 0 spiro atoms. The van der Waals surface area contributed by atoms with Crippen molar-refractivity contribution in [1.29, 1.82) is 0 Å². The molecule has 0 aliphatic carbocycles. The van der Waals surface area contributed by atoms with Crippen molar-refractivity contribution < 1.29 is 0 Å². The lowest BCUT2D eigenvalue weighted by Crippen LogP contribution is -2.13. The molecule has 14 heavy (non-hydrogen) atoms. The van der Waals surface area contributed by atoms with Crippen molar-refractivity contribution in [3.8, 4) is 0 Å². The molecule has 0 saturated carbocycles. The average molecular weight is 321 g/mol. The highest BCUT2D eigenvalue weighted by atomic mass is 79.9. The predicted molar refractivity (Wildman–Crippen MR) is 67.8 cm³/mol. The van der Waals surface area contributed by atoms with Crippen LogP contribution in [0.5, 0.6) is 0 Å². The summed E-state index contributed by atoms with van der Waals surface area (Å²) in [5.41, 5.74) is 1.17. The van der Waals surface area contributed by atoms with Gasteiger partial charge in [-0.25, -0.2) is 0 Å². The third-order valence-corrected chi connectivity index (χ3v) is 4.35. The lowest BCUT2D eigenvalue weighted by atomic mass is 10.00. The molecule has 1 aromatic rings. The van der Waals surface area contributed by atoms with Crippen LogP contribution in [0, 0.1) is 5.92 Å². The SMILES string of the molecule is CCC(Br)C(C)Cc1ccc(Br)cn1. The van der Waals surface area contributed by atoms with Crippen molar-refractivity contribution in [2.24, 2.45) is 5.92 Å². The molecule has 0 fully saturated rings. The zero-order valence-electron chi connectivity index (χ0n) is 8.50. The molecular formula is C11H15Br2N. The molecule has 1 rings (SSSR count). The molecule has 0 radical (unpaired) electrons. The summed E-state index contributed by atoms with van der Waals surface area (Å²) in [7, 11) is 0. The van der Waals surface area contributed by atoms with Crippen LogP contribution in [0.4, 0.5) is 0 Å². The van der Waals surface area contributed by atoms with Crippen LogP contribution in [-0.4, -0.2) is 9.81 Å². The monoisotopic (exact) mass is 319 g/mol. The van der Waals surface area contributed by atoms with Crippen molar-refractivity contribution in [3.63, 3.8) is 0 Å². The van der Waals surface area contributed by atoms with E-state index in [-0.39, 0.29) is 0 Å². The van der Waals surface area contributed by atoms with E-state index >= 15 is 0 Å². The summed E-state index contributed by atoms with van der Waals surface area (Å²) in [5, 5.41) is 0. The molecule has 0 amide bonds. The molecule has 2 atom stereocenters. The van der Waals surface area contributed by atoms with Crippen molar-refractivity contribution in [2.75, 3.05) is 0 Å². The zero-order valence-corrected chi connectivity index (χ0v) is 11.7. The Morgan fingerprint density at radius 3 is 2.64 bits per heavy atom. The molecule has 0 bridgehead atoms. The molecule has 0 N–H and O–H groups in total. The maximum atomic E-state index is 4.37. The van der Waals surface area contributed by atoms with Gasteiger partial charge in [-0.05, 0) is 46.8 Å². The van der Waals surface area contributed by atoms with Crippen molar-refractivity contribution >= 4 is 31.9 Å². The number of hydrogen-bond acceptors (Lipinski definition) is 1. The minimum atomic E-state index is 0.591. The molecule has 0 aliphatic rings. The van der Waals surface area contributed by atoms with Gasteiger partial charge in [0.25, 0.3) is 0 Å². The highest BCUT2D eigenvalue weighted by molar-refractivity contribution is 9.10. The summed E-state index contributed by atoms with van der Waals surface area (Å²) in [5.74, 6) is 0.633. The Morgan fingerprint density at radius 2 is 2.14 bits per heavy atom. The Balaban J connectivity index is 2.56. The van der Waals surface area contributed by atoms with Crippen LogP contribution in [0.2, 0.25) is 0 Å². The fourth-order valence-electron chi connectivity index (χ4n) is 1.39. The molecule has 3 heteroatoms. The third-order valence-electron chi connectivity index (χ3n) is 2.33.